The number of nitrogens with zero attached hydrogens (tertiary/aromatic N) is 1. The van der Waals surface area contributed by atoms with Crippen LogP contribution in [0, 0.1) is 0 Å². The average molecular weight is 479 g/mol. The number of benzene rings is 3. The van der Waals surface area contributed by atoms with E-state index in [1.54, 1.807) is 18.2 Å². The van der Waals surface area contributed by atoms with Crippen LogP contribution in [0.5, 0.6) is 5.75 Å². The molecule has 0 aliphatic carbocycles. The Hall–Kier alpha value is -3.12. The van der Waals surface area contributed by atoms with Gasteiger partial charge in [-0.2, -0.15) is 0 Å². The number of aromatic nitrogens is 1. The minimum atomic E-state index is -0.235. The van der Waals surface area contributed by atoms with Crippen molar-refractivity contribution in [3.8, 4) is 17.2 Å². The van der Waals surface area contributed by atoms with Gasteiger partial charge in [0, 0.05) is 15.7 Å². The molecule has 1 unspecified atom stereocenters. The number of oxazole rings is 1. The molecular formula is C25H23BrN2O3. The molecule has 158 valence electrons. The zero-order valence-electron chi connectivity index (χ0n) is 17.4. The van der Waals surface area contributed by atoms with Crippen molar-refractivity contribution in [2.24, 2.45) is 0 Å². The fraction of sp³-hybridized carbons (Fsp3) is 0.200. The third-order valence-corrected chi connectivity index (χ3v) is 5.67. The second-order valence-corrected chi connectivity index (χ2v) is 8.34. The topological polar surface area (TPSA) is 64.4 Å². The molecule has 1 heterocycles. The Labute approximate surface area is 189 Å². The van der Waals surface area contributed by atoms with E-state index in [0.29, 0.717) is 34.3 Å². The quantitative estimate of drug-likeness (QED) is 0.317. The van der Waals surface area contributed by atoms with E-state index in [4.69, 9.17) is 9.15 Å². The summed E-state index contributed by atoms with van der Waals surface area (Å²) in [5, 5.41) is 2.85. The van der Waals surface area contributed by atoms with Gasteiger partial charge >= 0.3 is 0 Å². The molecule has 4 aromatic rings. The Morgan fingerprint density at radius 2 is 1.94 bits per heavy atom. The smallest absolute Gasteiger partial charge is 0.262 e. The normalized spacial score (nSPS) is 12.0. The Morgan fingerprint density at radius 1 is 1.13 bits per heavy atom. The molecule has 1 amide bonds. The highest BCUT2D eigenvalue weighted by molar-refractivity contribution is 9.10. The summed E-state index contributed by atoms with van der Waals surface area (Å²) in [5.41, 5.74) is 4.12. The van der Waals surface area contributed by atoms with Crippen molar-refractivity contribution in [1.29, 1.82) is 0 Å². The fourth-order valence-electron chi connectivity index (χ4n) is 3.22. The van der Waals surface area contributed by atoms with Crippen LogP contribution in [0.3, 0.4) is 0 Å². The van der Waals surface area contributed by atoms with Gasteiger partial charge in [-0.3, -0.25) is 4.79 Å². The molecule has 0 aliphatic heterocycles. The maximum absolute atomic E-state index is 12.3. The van der Waals surface area contributed by atoms with Crippen LogP contribution in [0.1, 0.15) is 31.7 Å². The van der Waals surface area contributed by atoms with Crippen molar-refractivity contribution in [3.63, 3.8) is 0 Å². The molecule has 3 aromatic carbocycles. The molecule has 6 heteroatoms. The fourth-order valence-corrected chi connectivity index (χ4v) is 3.62. The van der Waals surface area contributed by atoms with E-state index in [0.717, 1.165) is 16.5 Å². The minimum Gasteiger partial charge on any atom is -0.484 e. The number of halogens is 1. The highest BCUT2D eigenvalue weighted by atomic mass is 79.9. The van der Waals surface area contributed by atoms with Gasteiger partial charge in [-0.15, -0.1) is 0 Å². The van der Waals surface area contributed by atoms with Crippen LogP contribution in [-0.4, -0.2) is 17.5 Å². The molecule has 31 heavy (non-hydrogen) atoms. The number of hydrogen-bond donors (Lipinski definition) is 1. The summed E-state index contributed by atoms with van der Waals surface area (Å²) < 4.78 is 12.4. The van der Waals surface area contributed by atoms with Gasteiger partial charge < -0.3 is 14.5 Å². The van der Waals surface area contributed by atoms with E-state index in [1.807, 2.05) is 48.5 Å². The summed E-state index contributed by atoms with van der Waals surface area (Å²) in [7, 11) is 0. The summed E-state index contributed by atoms with van der Waals surface area (Å²) in [5.74, 6) is 1.48. The molecule has 0 aliphatic rings. The number of ether oxygens (including phenoxy) is 1. The molecule has 4 rings (SSSR count). The Bertz CT molecular complexity index is 1200. The number of nitrogens with one attached hydrogen (secondary N) is 1. The van der Waals surface area contributed by atoms with Crippen LogP contribution in [0.4, 0.5) is 5.69 Å². The van der Waals surface area contributed by atoms with Gasteiger partial charge in [-0.1, -0.05) is 48.0 Å². The molecule has 1 aromatic heterocycles. The lowest BCUT2D eigenvalue weighted by Gasteiger charge is -2.11. The molecule has 0 bridgehead atoms. The molecule has 0 saturated heterocycles. The first-order valence-corrected chi connectivity index (χ1v) is 11.0. The van der Waals surface area contributed by atoms with Crippen LogP contribution in [0.25, 0.3) is 22.6 Å². The van der Waals surface area contributed by atoms with Crippen LogP contribution >= 0.6 is 15.9 Å². The lowest BCUT2D eigenvalue weighted by atomic mass is 9.99. The first-order chi connectivity index (χ1) is 15.0. The van der Waals surface area contributed by atoms with Crippen molar-refractivity contribution >= 4 is 38.6 Å². The van der Waals surface area contributed by atoms with E-state index >= 15 is 0 Å². The van der Waals surface area contributed by atoms with Crippen LogP contribution in [0.15, 0.2) is 75.6 Å². The lowest BCUT2D eigenvalue weighted by Crippen LogP contribution is -2.20. The summed E-state index contributed by atoms with van der Waals surface area (Å²) >= 11 is 3.46. The molecule has 5 nitrogen and oxygen atoms in total. The maximum Gasteiger partial charge on any atom is 0.262 e. The molecule has 0 fully saturated rings. The lowest BCUT2D eigenvalue weighted by molar-refractivity contribution is -0.118. The molecule has 1 atom stereocenters. The number of fused-ring (bicyclic) bond motifs is 1. The maximum atomic E-state index is 12.3. The van der Waals surface area contributed by atoms with Crippen molar-refractivity contribution in [3.05, 3.63) is 76.8 Å². The summed E-state index contributed by atoms with van der Waals surface area (Å²) in [6.45, 7) is 4.29. The van der Waals surface area contributed by atoms with E-state index < -0.39 is 0 Å². The van der Waals surface area contributed by atoms with Gasteiger partial charge in [0.15, 0.2) is 12.2 Å². The molecule has 0 saturated carbocycles. The summed E-state index contributed by atoms with van der Waals surface area (Å²) in [6.07, 6.45) is 1.09. The predicted molar refractivity (Wildman–Crippen MR) is 126 cm³/mol. The average Bonchev–Trinajstić information content (AvgIpc) is 3.21. The van der Waals surface area contributed by atoms with Crippen molar-refractivity contribution < 1.29 is 13.9 Å². The van der Waals surface area contributed by atoms with Gasteiger partial charge in [0.1, 0.15) is 11.3 Å². The summed E-state index contributed by atoms with van der Waals surface area (Å²) in [6, 6.07) is 21.0. The minimum absolute atomic E-state index is 0.0666. The largest absolute Gasteiger partial charge is 0.484 e. The summed E-state index contributed by atoms with van der Waals surface area (Å²) in [4.78, 5) is 16.9. The van der Waals surface area contributed by atoms with E-state index in [9.17, 15) is 4.79 Å². The number of amides is 1. The first-order valence-electron chi connectivity index (χ1n) is 10.2. The Balaban J connectivity index is 1.39. The molecule has 0 radical (unpaired) electrons. The standard InChI is InChI=1S/C25H23BrN2O3/c1-3-16(2)17-7-10-21(11-8-17)30-15-24(29)27-20-9-12-23-22(14-20)28-25(31-23)18-5-4-6-19(26)13-18/h4-14,16H,3,15H2,1-2H3,(H,27,29). The van der Waals surface area contributed by atoms with E-state index in [1.165, 1.54) is 5.56 Å². The zero-order chi connectivity index (χ0) is 21.8. The monoisotopic (exact) mass is 478 g/mol. The number of anilines is 1. The molecule has 1 N–H and O–H groups in total. The Morgan fingerprint density at radius 3 is 2.68 bits per heavy atom. The SMILES string of the molecule is CCC(C)c1ccc(OCC(=O)Nc2ccc3oc(-c4cccc(Br)c4)nc3c2)cc1. The van der Waals surface area contributed by atoms with Gasteiger partial charge in [0.25, 0.3) is 5.91 Å². The van der Waals surface area contributed by atoms with Crippen molar-refractivity contribution in [2.45, 2.75) is 26.2 Å². The molecule has 0 spiro atoms. The molecular weight excluding hydrogens is 456 g/mol. The van der Waals surface area contributed by atoms with E-state index in [-0.39, 0.29) is 12.5 Å². The highest BCUT2D eigenvalue weighted by Crippen LogP contribution is 2.28. The number of rotatable bonds is 7. The number of hydrogen-bond acceptors (Lipinski definition) is 4. The van der Waals surface area contributed by atoms with Gasteiger partial charge in [-0.25, -0.2) is 4.98 Å². The van der Waals surface area contributed by atoms with Crippen LogP contribution in [0.2, 0.25) is 0 Å². The Kier molecular flexibility index (Phi) is 6.37. The highest BCUT2D eigenvalue weighted by Gasteiger charge is 2.11. The van der Waals surface area contributed by atoms with Gasteiger partial charge in [0.05, 0.1) is 0 Å². The third-order valence-electron chi connectivity index (χ3n) is 5.17. The van der Waals surface area contributed by atoms with Crippen LogP contribution < -0.4 is 10.1 Å². The van der Waals surface area contributed by atoms with Gasteiger partial charge in [-0.05, 0) is 66.4 Å². The van der Waals surface area contributed by atoms with Crippen molar-refractivity contribution in [1.82, 2.24) is 4.98 Å². The van der Waals surface area contributed by atoms with Crippen LogP contribution in [-0.2, 0) is 4.79 Å². The second-order valence-electron chi connectivity index (χ2n) is 7.43. The zero-order valence-corrected chi connectivity index (χ0v) is 19.0. The predicted octanol–water partition coefficient (Wildman–Crippen LogP) is 6.79. The van der Waals surface area contributed by atoms with E-state index in [2.05, 4.69) is 40.1 Å². The van der Waals surface area contributed by atoms with Gasteiger partial charge in [0.2, 0.25) is 5.89 Å². The third kappa shape index (κ3) is 5.14. The number of carbonyl (C=O) groups excluding carboxylic acids is 1. The second kappa shape index (κ2) is 9.35. The first kappa shape index (κ1) is 21.1. The van der Waals surface area contributed by atoms with Crippen molar-refractivity contribution in [2.75, 3.05) is 11.9 Å². The number of carbonyl (C=O) groups is 1.